The highest BCUT2D eigenvalue weighted by Crippen LogP contribution is 2.29. The number of carbonyl (C=O) groups excluding carboxylic acids is 2. The number of hydrogen-bond donors (Lipinski definition) is 1. The summed E-state index contributed by atoms with van der Waals surface area (Å²) in [5, 5.41) is 3.83. The highest BCUT2D eigenvalue weighted by atomic mass is 35.5. The molecule has 1 N–H and O–H groups in total. The molecule has 126 valence electrons. The monoisotopic (exact) mass is 385 g/mol. The molecular weight excluding hydrogens is 373 g/mol. The molecule has 1 amide bonds. The third-order valence-corrected chi connectivity index (χ3v) is 4.17. The Morgan fingerprint density at radius 2 is 1.67 bits per heavy atom. The first-order chi connectivity index (χ1) is 11.5. The van der Waals surface area contributed by atoms with Crippen LogP contribution in [0.2, 0.25) is 15.1 Å². The summed E-state index contributed by atoms with van der Waals surface area (Å²) in [6, 6.07) is 11.9. The third-order valence-electron chi connectivity index (χ3n) is 3.09. The second-order valence-electron chi connectivity index (χ2n) is 4.94. The summed E-state index contributed by atoms with van der Waals surface area (Å²) in [5.74, 6) is -0.806. The molecule has 0 aliphatic heterocycles. The van der Waals surface area contributed by atoms with Gasteiger partial charge in [0.15, 0.2) is 0 Å². The molecule has 4 nitrogen and oxygen atoms in total. The molecule has 2 aromatic rings. The van der Waals surface area contributed by atoms with Crippen LogP contribution in [0, 0.1) is 0 Å². The van der Waals surface area contributed by atoms with Crippen molar-refractivity contribution in [2.45, 2.75) is 19.4 Å². The van der Waals surface area contributed by atoms with Gasteiger partial charge < -0.3 is 10.1 Å². The molecule has 0 unspecified atom stereocenters. The van der Waals surface area contributed by atoms with Gasteiger partial charge in [0.2, 0.25) is 5.91 Å². The van der Waals surface area contributed by atoms with Crippen molar-refractivity contribution < 1.29 is 14.3 Å². The molecule has 0 aliphatic carbocycles. The van der Waals surface area contributed by atoms with Gasteiger partial charge in [-0.3, -0.25) is 9.59 Å². The van der Waals surface area contributed by atoms with Crippen LogP contribution in [0.3, 0.4) is 0 Å². The maximum atomic E-state index is 11.9. The fourth-order valence-electron chi connectivity index (χ4n) is 1.85. The number of benzene rings is 2. The summed E-state index contributed by atoms with van der Waals surface area (Å²) in [5.41, 5.74) is 1.23. The van der Waals surface area contributed by atoms with E-state index in [2.05, 4.69) is 5.32 Å². The lowest BCUT2D eigenvalue weighted by Gasteiger charge is -2.08. The van der Waals surface area contributed by atoms with Gasteiger partial charge >= 0.3 is 5.97 Å². The number of carbonyl (C=O) groups is 2. The molecule has 0 saturated heterocycles. The summed E-state index contributed by atoms with van der Waals surface area (Å²) in [4.78, 5) is 23.5. The largest absolute Gasteiger partial charge is 0.461 e. The number of amides is 1. The fraction of sp³-hybridized carbons (Fsp3) is 0.176. The van der Waals surface area contributed by atoms with Crippen LogP contribution < -0.4 is 5.32 Å². The Balaban J connectivity index is 1.75. The van der Waals surface area contributed by atoms with Gasteiger partial charge in [0.05, 0.1) is 22.2 Å². The van der Waals surface area contributed by atoms with Crippen LogP contribution in [-0.4, -0.2) is 11.9 Å². The van der Waals surface area contributed by atoms with Gasteiger partial charge in [0.25, 0.3) is 0 Å². The zero-order valence-corrected chi connectivity index (χ0v) is 14.8. The van der Waals surface area contributed by atoms with E-state index in [1.54, 1.807) is 42.5 Å². The zero-order chi connectivity index (χ0) is 17.5. The van der Waals surface area contributed by atoms with Gasteiger partial charge in [0.1, 0.15) is 6.61 Å². The molecule has 7 heteroatoms. The first kappa shape index (κ1) is 18.6. The van der Waals surface area contributed by atoms with E-state index in [4.69, 9.17) is 39.5 Å². The molecule has 0 bridgehead atoms. The molecule has 0 fully saturated rings. The summed E-state index contributed by atoms with van der Waals surface area (Å²) in [6.07, 6.45) is -0.0418. The number of esters is 1. The molecule has 2 rings (SSSR count). The lowest BCUT2D eigenvalue weighted by atomic mass is 10.2. The Morgan fingerprint density at radius 3 is 2.38 bits per heavy atom. The number of nitrogens with one attached hydrogen (secondary N) is 1. The smallest absolute Gasteiger partial charge is 0.306 e. The highest BCUT2D eigenvalue weighted by Gasteiger charge is 2.11. The summed E-state index contributed by atoms with van der Waals surface area (Å²) in [6.45, 7) is 0.137. The average molecular weight is 387 g/mol. The number of hydrogen-bond acceptors (Lipinski definition) is 3. The summed E-state index contributed by atoms with van der Waals surface area (Å²) < 4.78 is 5.10. The van der Waals surface area contributed by atoms with Crippen molar-refractivity contribution in [3.8, 4) is 0 Å². The minimum atomic E-state index is -0.461. The van der Waals surface area contributed by atoms with E-state index in [9.17, 15) is 9.59 Å². The first-order valence-corrected chi connectivity index (χ1v) is 8.23. The highest BCUT2D eigenvalue weighted by molar-refractivity contribution is 6.44. The first-order valence-electron chi connectivity index (χ1n) is 7.09. The van der Waals surface area contributed by atoms with Crippen molar-refractivity contribution >= 4 is 52.4 Å². The topological polar surface area (TPSA) is 55.4 Å². The van der Waals surface area contributed by atoms with Gasteiger partial charge in [-0.05, 0) is 29.8 Å². The van der Waals surface area contributed by atoms with Crippen LogP contribution in [0.5, 0.6) is 0 Å². The normalized spacial score (nSPS) is 10.3. The van der Waals surface area contributed by atoms with Crippen molar-refractivity contribution in [3.05, 3.63) is 63.1 Å². The van der Waals surface area contributed by atoms with Crippen LogP contribution in [0.1, 0.15) is 18.4 Å². The third kappa shape index (κ3) is 5.71. The lowest BCUT2D eigenvalue weighted by molar-refractivity contribution is -0.145. The number of rotatable bonds is 6. The molecule has 24 heavy (non-hydrogen) atoms. The Hall–Kier alpha value is -1.75. The molecule has 0 radical (unpaired) electrons. The van der Waals surface area contributed by atoms with Crippen molar-refractivity contribution in [2.24, 2.45) is 0 Å². The fourth-order valence-corrected chi connectivity index (χ4v) is 2.32. The molecular formula is C17H14Cl3NO3. The Morgan fingerprint density at radius 1 is 0.958 bits per heavy atom. The van der Waals surface area contributed by atoms with Crippen LogP contribution >= 0.6 is 34.8 Å². The van der Waals surface area contributed by atoms with Gasteiger partial charge in [-0.1, -0.05) is 53.0 Å². The van der Waals surface area contributed by atoms with E-state index in [1.165, 1.54) is 0 Å². The average Bonchev–Trinajstić information content (AvgIpc) is 2.56. The van der Waals surface area contributed by atoms with E-state index >= 15 is 0 Å². The SMILES string of the molecule is O=C(CCC(=O)OCc1ccc(Cl)cc1)Nc1cccc(Cl)c1Cl. The molecule has 0 aromatic heterocycles. The standard InChI is InChI=1S/C17H14Cl3NO3/c18-12-6-4-11(5-7-12)10-24-16(23)9-8-15(22)21-14-3-1-2-13(19)17(14)20/h1-7H,8-10H2,(H,21,22). The van der Waals surface area contributed by atoms with Crippen molar-refractivity contribution in [3.63, 3.8) is 0 Å². The van der Waals surface area contributed by atoms with Crippen molar-refractivity contribution in [1.29, 1.82) is 0 Å². The lowest BCUT2D eigenvalue weighted by Crippen LogP contribution is -2.14. The van der Waals surface area contributed by atoms with Crippen molar-refractivity contribution in [2.75, 3.05) is 5.32 Å². The van der Waals surface area contributed by atoms with Crippen LogP contribution in [-0.2, 0) is 20.9 Å². The van der Waals surface area contributed by atoms with E-state index in [0.29, 0.717) is 15.7 Å². The predicted octanol–water partition coefficient (Wildman–Crippen LogP) is 5.11. The van der Waals surface area contributed by atoms with Crippen LogP contribution in [0.15, 0.2) is 42.5 Å². The Bertz CT molecular complexity index is 732. The minimum absolute atomic E-state index is 0.0116. The summed E-state index contributed by atoms with van der Waals surface area (Å²) >= 11 is 17.6. The van der Waals surface area contributed by atoms with Gasteiger partial charge in [-0.15, -0.1) is 0 Å². The maximum absolute atomic E-state index is 11.9. The molecule has 0 saturated carbocycles. The van der Waals surface area contributed by atoms with E-state index in [1.807, 2.05) is 0 Å². The Kier molecular flexibility index (Phi) is 6.91. The van der Waals surface area contributed by atoms with E-state index in [-0.39, 0.29) is 30.4 Å². The quantitative estimate of drug-likeness (QED) is 0.702. The minimum Gasteiger partial charge on any atom is -0.461 e. The van der Waals surface area contributed by atoms with Crippen LogP contribution in [0.4, 0.5) is 5.69 Å². The molecule has 0 aliphatic rings. The molecule has 0 spiro atoms. The summed E-state index contributed by atoms with van der Waals surface area (Å²) in [7, 11) is 0. The van der Waals surface area contributed by atoms with Gasteiger partial charge in [-0.25, -0.2) is 0 Å². The molecule has 0 heterocycles. The van der Waals surface area contributed by atoms with E-state index < -0.39 is 5.97 Å². The van der Waals surface area contributed by atoms with Gasteiger partial charge in [-0.2, -0.15) is 0 Å². The number of ether oxygens (including phenoxy) is 1. The second-order valence-corrected chi connectivity index (χ2v) is 6.16. The van der Waals surface area contributed by atoms with Crippen molar-refractivity contribution in [1.82, 2.24) is 0 Å². The number of halogens is 3. The zero-order valence-electron chi connectivity index (χ0n) is 12.5. The predicted molar refractivity (Wildman–Crippen MR) is 95.6 cm³/mol. The second kappa shape index (κ2) is 8.92. The van der Waals surface area contributed by atoms with Gasteiger partial charge in [0, 0.05) is 11.4 Å². The number of anilines is 1. The molecule has 0 atom stereocenters. The maximum Gasteiger partial charge on any atom is 0.306 e. The Labute approximate surface area is 154 Å². The van der Waals surface area contributed by atoms with E-state index in [0.717, 1.165) is 5.56 Å². The van der Waals surface area contributed by atoms with Crippen LogP contribution in [0.25, 0.3) is 0 Å². The molecule has 2 aromatic carbocycles.